The fourth-order valence-electron chi connectivity index (χ4n) is 2.11. The molecule has 0 saturated heterocycles. The van der Waals surface area contributed by atoms with E-state index in [1.54, 1.807) is 6.07 Å². The van der Waals surface area contributed by atoms with Crippen LogP contribution >= 0.6 is 15.9 Å². The highest BCUT2D eigenvalue weighted by atomic mass is 79.9. The molecule has 0 spiro atoms. The van der Waals surface area contributed by atoms with E-state index in [1.807, 2.05) is 26.0 Å². The second-order valence-electron chi connectivity index (χ2n) is 4.63. The van der Waals surface area contributed by atoms with Crippen molar-refractivity contribution in [3.63, 3.8) is 0 Å². The summed E-state index contributed by atoms with van der Waals surface area (Å²) in [5.41, 5.74) is 0.606. The van der Waals surface area contributed by atoms with Crippen molar-refractivity contribution in [1.82, 2.24) is 15.1 Å². The van der Waals surface area contributed by atoms with Crippen molar-refractivity contribution in [3.05, 3.63) is 46.2 Å². The molecule has 1 unspecified atom stereocenters. The van der Waals surface area contributed by atoms with Crippen molar-refractivity contribution in [2.75, 3.05) is 6.54 Å². The van der Waals surface area contributed by atoms with E-state index in [0.29, 0.717) is 5.69 Å². The molecular weight excluding hydrogens is 347 g/mol. The van der Waals surface area contributed by atoms with Gasteiger partial charge in [-0.15, -0.1) is 0 Å². The van der Waals surface area contributed by atoms with Crippen LogP contribution in [-0.2, 0) is 6.18 Å². The van der Waals surface area contributed by atoms with Gasteiger partial charge in [0.25, 0.3) is 0 Å². The maximum Gasteiger partial charge on any atom is 0.435 e. The number of nitrogens with zero attached hydrogens (tertiary/aromatic N) is 2. The van der Waals surface area contributed by atoms with Crippen molar-refractivity contribution in [2.45, 2.75) is 26.1 Å². The minimum Gasteiger partial charge on any atom is -0.310 e. The molecule has 3 nitrogen and oxygen atoms in total. The van der Waals surface area contributed by atoms with Crippen LogP contribution in [0.25, 0.3) is 5.69 Å². The molecule has 0 aliphatic heterocycles. The predicted molar refractivity (Wildman–Crippen MR) is 78.4 cm³/mol. The first kappa shape index (κ1) is 16.0. The van der Waals surface area contributed by atoms with Gasteiger partial charge in [-0.1, -0.05) is 28.9 Å². The topological polar surface area (TPSA) is 29.9 Å². The molecule has 1 heterocycles. The fraction of sp³-hybridized carbons (Fsp3) is 0.357. The van der Waals surface area contributed by atoms with Gasteiger partial charge in [0, 0.05) is 16.7 Å². The molecule has 2 aromatic rings. The third-order valence-electron chi connectivity index (χ3n) is 3.10. The van der Waals surface area contributed by atoms with Crippen LogP contribution in [0.15, 0.2) is 34.9 Å². The number of halogens is 4. The molecular formula is C14H15BrF3N3. The number of aromatic nitrogens is 2. The van der Waals surface area contributed by atoms with Gasteiger partial charge in [0.2, 0.25) is 0 Å². The number of alkyl halides is 3. The van der Waals surface area contributed by atoms with E-state index in [1.165, 1.54) is 10.9 Å². The van der Waals surface area contributed by atoms with Crippen LogP contribution in [0, 0.1) is 0 Å². The molecule has 0 aliphatic carbocycles. The van der Waals surface area contributed by atoms with E-state index in [0.717, 1.165) is 22.6 Å². The molecule has 0 amide bonds. The molecule has 1 N–H and O–H groups in total. The number of benzene rings is 1. The van der Waals surface area contributed by atoms with Gasteiger partial charge in [0.15, 0.2) is 5.69 Å². The van der Waals surface area contributed by atoms with E-state index in [-0.39, 0.29) is 6.04 Å². The van der Waals surface area contributed by atoms with E-state index < -0.39 is 11.9 Å². The second kappa shape index (κ2) is 6.19. The van der Waals surface area contributed by atoms with Gasteiger partial charge in [-0.3, -0.25) is 0 Å². The van der Waals surface area contributed by atoms with Crippen LogP contribution in [0.4, 0.5) is 13.2 Å². The predicted octanol–water partition coefficient (Wildman–Crippen LogP) is 4.32. The van der Waals surface area contributed by atoms with E-state index >= 15 is 0 Å². The van der Waals surface area contributed by atoms with E-state index in [4.69, 9.17) is 0 Å². The van der Waals surface area contributed by atoms with Crippen LogP contribution in [-0.4, -0.2) is 16.3 Å². The number of hydrogen-bond acceptors (Lipinski definition) is 2. The summed E-state index contributed by atoms with van der Waals surface area (Å²) in [6.45, 7) is 4.71. The Bertz CT molecular complexity index is 622. The van der Waals surface area contributed by atoms with Crippen molar-refractivity contribution < 1.29 is 13.2 Å². The van der Waals surface area contributed by atoms with Gasteiger partial charge >= 0.3 is 6.18 Å². The molecule has 2 rings (SSSR count). The summed E-state index contributed by atoms with van der Waals surface area (Å²) < 4.78 is 40.1. The van der Waals surface area contributed by atoms with Gasteiger partial charge < -0.3 is 5.32 Å². The van der Waals surface area contributed by atoms with Gasteiger partial charge in [0.05, 0.1) is 5.69 Å². The zero-order valence-corrected chi connectivity index (χ0v) is 13.2. The summed E-state index contributed by atoms with van der Waals surface area (Å²) in [6, 6.07) is 6.48. The SMILES string of the molecule is CCNC(C)c1ccc(Br)cc1-n1ccc(C(F)(F)F)n1. The number of rotatable bonds is 4. The Balaban J connectivity index is 2.47. The van der Waals surface area contributed by atoms with Gasteiger partial charge in [0.1, 0.15) is 0 Å². The van der Waals surface area contributed by atoms with Crippen molar-refractivity contribution in [2.24, 2.45) is 0 Å². The lowest BCUT2D eigenvalue weighted by Crippen LogP contribution is -2.19. The average Bonchev–Trinajstić information content (AvgIpc) is 2.88. The third-order valence-corrected chi connectivity index (χ3v) is 3.59. The molecule has 0 fully saturated rings. The maximum absolute atomic E-state index is 12.7. The molecule has 0 bridgehead atoms. The van der Waals surface area contributed by atoms with E-state index in [2.05, 4.69) is 26.3 Å². The molecule has 7 heteroatoms. The minimum atomic E-state index is -4.44. The first-order chi connectivity index (χ1) is 9.82. The third kappa shape index (κ3) is 3.65. The summed E-state index contributed by atoms with van der Waals surface area (Å²) in [6.07, 6.45) is -3.11. The maximum atomic E-state index is 12.7. The quantitative estimate of drug-likeness (QED) is 0.878. The summed E-state index contributed by atoms with van der Waals surface area (Å²) in [5, 5.41) is 6.89. The first-order valence-corrected chi connectivity index (χ1v) is 7.28. The zero-order valence-electron chi connectivity index (χ0n) is 11.6. The van der Waals surface area contributed by atoms with Gasteiger partial charge in [-0.05, 0) is 37.2 Å². The highest BCUT2D eigenvalue weighted by Gasteiger charge is 2.33. The molecule has 0 aliphatic rings. The Kier molecular flexibility index (Phi) is 4.73. The molecule has 114 valence electrons. The Hall–Kier alpha value is -1.34. The Morgan fingerprint density at radius 2 is 2.05 bits per heavy atom. The highest BCUT2D eigenvalue weighted by molar-refractivity contribution is 9.10. The van der Waals surface area contributed by atoms with Gasteiger partial charge in [-0.25, -0.2) is 4.68 Å². The largest absolute Gasteiger partial charge is 0.435 e. The summed E-state index contributed by atoms with van der Waals surface area (Å²) in [5.74, 6) is 0. The summed E-state index contributed by atoms with van der Waals surface area (Å²) >= 11 is 3.34. The lowest BCUT2D eigenvalue weighted by atomic mass is 10.1. The first-order valence-electron chi connectivity index (χ1n) is 6.49. The molecule has 1 aromatic heterocycles. The van der Waals surface area contributed by atoms with Crippen molar-refractivity contribution >= 4 is 15.9 Å². The second-order valence-corrected chi connectivity index (χ2v) is 5.54. The lowest BCUT2D eigenvalue weighted by Gasteiger charge is -2.17. The van der Waals surface area contributed by atoms with Crippen molar-refractivity contribution in [1.29, 1.82) is 0 Å². The average molecular weight is 362 g/mol. The molecule has 21 heavy (non-hydrogen) atoms. The summed E-state index contributed by atoms with van der Waals surface area (Å²) in [7, 11) is 0. The van der Waals surface area contributed by atoms with Crippen LogP contribution in [0.2, 0.25) is 0 Å². The number of hydrogen-bond donors (Lipinski definition) is 1. The Labute approximate surface area is 129 Å². The van der Waals surface area contributed by atoms with Crippen LogP contribution in [0.1, 0.15) is 31.1 Å². The minimum absolute atomic E-state index is 0.0108. The van der Waals surface area contributed by atoms with E-state index in [9.17, 15) is 13.2 Å². The highest BCUT2D eigenvalue weighted by Crippen LogP contribution is 2.30. The summed E-state index contributed by atoms with van der Waals surface area (Å²) in [4.78, 5) is 0. The molecule has 0 saturated carbocycles. The van der Waals surface area contributed by atoms with Crippen LogP contribution in [0.5, 0.6) is 0 Å². The Morgan fingerprint density at radius 1 is 1.33 bits per heavy atom. The van der Waals surface area contributed by atoms with Crippen molar-refractivity contribution in [3.8, 4) is 5.69 Å². The van der Waals surface area contributed by atoms with Gasteiger partial charge in [-0.2, -0.15) is 18.3 Å². The smallest absolute Gasteiger partial charge is 0.310 e. The standard InChI is InChI=1S/C14H15BrF3N3/c1-3-19-9(2)11-5-4-10(15)8-12(11)21-7-6-13(20-21)14(16,17)18/h4-9,19H,3H2,1-2H3. The fourth-order valence-corrected chi connectivity index (χ4v) is 2.46. The molecule has 1 atom stereocenters. The van der Waals surface area contributed by atoms with Crippen LogP contribution < -0.4 is 5.32 Å². The lowest BCUT2D eigenvalue weighted by molar-refractivity contribution is -0.141. The Morgan fingerprint density at radius 3 is 2.62 bits per heavy atom. The zero-order chi connectivity index (χ0) is 15.6. The monoisotopic (exact) mass is 361 g/mol. The molecule has 1 aromatic carbocycles. The number of nitrogens with one attached hydrogen (secondary N) is 1. The van der Waals surface area contributed by atoms with Crippen LogP contribution in [0.3, 0.4) is 0 Å². The normalized spacial score (nSPS) is 13.4. The molecule has 0 radical (unpaired) electrons.